The minimum Gasteiger partial charge on any atom is -0.465 e. The monoisotopic (exact) mass is 353 g/mol. The summed E-state index contributed by atoms with van der Waals surface area (Å²) in [6.45, 7) is 1.73. The van der Waals surface area contributed by atoms with Crippen molar-refractivity contribution in [1.29, 1.82) is 0 Å². The summed E-state index contributed by atoms with van der Waals surface area (Å²) < 4.78 is 24.5. The molecule has 2 N–H and O–H groups in total. The predicted octanol–water partition coefficient (Wildman–Crippen LogP) is 4.06. The summed E-state index contributed by atoms with van der Waals surface area (Å²) >= 11 is 3.24. The van der Waals surface area contributed by atoms with E-state index < -0.39 is 11.8 Å². The highest BCUT2D eigenvalue weighted by atomic mass is 79.9. The van der Waals surface area contributed by atoms with Crippen molar-refractivity contribution in [3.05, 3.63) is 51.7 Å². The lowest BCUT2D eigenvalue weighted by atomic mass is 10.1. The molecule has 0 aliphatic rings. The minimum atomic E-state index is -0.573. The van der Waals surface area contributed by atoms with Crippen molar-refractivity contribution < 1.29 is 18.7 Å². The average Bonchev–Trinajstić information content (AvgIpc) is 2.45. The first-order valence-corrected chi connectivity index (χ1v) is 6.83. The predicted molar refractivity (Wildman–Crippen MR) is 81.1 cm³/mol. The lowest BCUT2D eigenvalue weighted by molar-refractivity contribution is 0.0601. The summed E-state index contributed by atoms with van der Waals surface area (Å²) in [6, 6.07) is 7.40. The van der Waals surface area contributed by atoms with Crippen LogP contribution in [0.2, 0.25) is 0 Å². The van der Waals surface area contributed by atoms with Crippen molar-refractivity contribution in [3.8, 4) is 11.5 Å². The zero-order valence-electron chi connectivity index (χ0n) is 11.4. The van der Waals surface area contributed by atoms with Gasteiger partial charge in [0.1, 0.15) is 5.75 Å². The third-order valence-electron chi connectivity index (χ3n) is 2.89. The molecule has 2 aromatic carbocycles. The summed E-state index contributed by atoms with van der Waals surface area (Å²) in [7, 11) is 1.26. The number of benzene rings is 2. The number of nitrogens with two attached hydrogens (primary N) is 1. The first-order chi connectivity index (χ1) is 9.92. The van der Waals surface area contributed by atoms with Crippen LogP contribution in [0.25, 0.3) is 0 Å². The van der Waals surface area contributed by atoms with E-state index in [1.807, 2.05) is 0 Å². The molecule has 2 aromatic rings. The Morgan fingerprint density at radius 1 is 1.29 bits per heavy atom. The van der Waals surface area contributed by atoms with E-state index >= 15 is 0 Å². The van der Waals surface area contributed by atoms with Gasteiger partial charge in [-0.15, -0.1) is 0 Å². The Bertz CT molecular complexity index is 704. The fourth-order valence-electron chi connectivity index (χ4n) is 1.79. The largest absolute Gasteiger partial charge is 0.465 e. The van der Waals surface area contributed by atoms with Gasteiger partial charge in [-0.2, -0.15) is 0 Å². The smallest absolute Gasteiger partial charge is 0.340 e. The maximum Gasteiger partial charge on any atom is 0.340 e. The number of aryl methyl sites for hydroxylation is 1. The van der Waals surface area contributed by atoms with Gasteiger partial charge in [0, 0.05) is 10.2 Å². The maximum absolute atomic E-state index is 13.7. The normalized spacial score (nSPS) is 10.3. The van der Waals surface area contributed by atoms with E-state index in [-0.39, 0.29) is 11.3 Å². The molecule has 2 rings (SSSR count). The van der Waals surface area contributed by atoms with Crippen LogP contribution in [-0.4, -0.2) is 13.1 Å². The van der Waals surface area contributed by atoms with E-state index in [1.165, 1.54) is 25.3 Å². The number of carbonyl (C=O) groups excluding carboxylic acids is 1. The van der Waals surface area contributed by atoms with E-state index in [0.29, 0.717) is 21.5 Å². The SMILES string of the molecule is COC(=O)c1cc(Oc2cc(Br)ccc2F)cc(C)c1N. The van der Waals surface area contributed by atoms with Gasteiger partial charge in [-0.3, -0.25) is 0 Å². The first kappa shape index (κ1) is 15.3. The van der Waals surface area contributed by atoms with Crippen LogP contribution >= 0.6 is 15.9 Å². The van der Waals surface area contributed by atoms with Gasteiger partial charge in [-0.25, -0.2) is 9.18 Å². The molecule has 0 bridgehead atoms. The molecule has 0 amide bonds. The number of esters is 1. The third kappa shape index (κ3) is 3.33. The van der Waals surface area contributed by atoms with Crippen molar-refractivity contribution in [2.24, 2.45) is 0 Å². The van der Waals surface area contributed by atoms with Crippen LogP contribution in [0.15, 0.2) is 34.8 Å². The molecule has 0 saturated carbocycles. The minimum absolute atomic E-state index is 0.0457. The van der Waals surface area contributed by atoms with Crippen molar-refractivity contribution in [2.75, 3.05) is 12.8 Å². The van der Waals surface area contributed by atoms with Gasteiger partial charge in [0.15, 0.2) is 11.6 Å². The molecule has 21 heavy (non-hydrogen) atoms. The van der Waals surface area contributed by atoms with E-state index in [1.54, 1.807) is 19.1 Å². The molecule has 0 fully saturated rings. The van der Waals surface area contributed by atoms with Gasteiger partial charge < -0.3 is 15.2 Å². The molecular formula is C15H13BrFNO3. The fourth-order valence-corrected chi connectivity index (χ4v) is 2.13. The maximum atomic E-state index is 13.7. The third-order valence-corrected chi connectivity index (χ3v) is 3.38. The second-order valence-electron chi connectivity index (χ2n) is 4.37. The number of methoxy groups -OCH3 is 1. The summed E-state index contributed by atoms with van der Waals surface area (Å²) in [5, 5.41) is 0. The zero-order valence-corrected chi connectivity index (χ0v) is 13.0. The molecule has 0 atom stereocenters. The molecule has 0 unspecified atom stereocenters. The second-order valence-corrected chi connectivity index (χ2v) is 5.29. The standard InChI is InChI=1S/C15H13BrFNO3/c1-8-5-10(7-11(14(8)18)15(19)20-2)21-13-6-9(16)3-4-12(13)17/h3-7H,18H2,1-2H3. The molecule has 0 spiro atoms. The number of hydrogen-bond donors (Lipinski definition) is 1. The van der Waals surface area contributed by atoms with Crippen LogP contribution in [0.5, 0.6) is 11.5 Å². The van der Waals surface area contributed by atoms with Crippen LogP contribution in [0.3, 0.4) is 0 Å². The molecule has 0 aliphatic carbocycles. The summed E-state index contributed by atoms with van der Waals surface area (Å²) in [4.78, 5) is 11.7. The van der Waals surface area contributed by atoms with Crippen molar-refractivity contribution in [1.82, 2.24) is 0 Å². The number of rotatable bonds is 3. The van der Waals surface area contributed by atoms with Gasteiger partial charge in [0.25, 0.3) is 0 Å². The Balaban J connectivity index is 2.43. The number of anilines is 1. The molecular weight excluding hydrogens is 341 g/mol. The van der Waals surface area contributed by atoms with Gasteiger partial charge >= 0.3 is 5.97 Å². The molecule has 110 valence electrons. The molecule has 0 aromatic heterocycles. The summed E-state index contributed by atoms with van der Waals surface area (Å²) in [5.41, 5.74) is 6.97. The molecule has 0 aliphatic heterocycles. The molecule has 0 heterocycles. The van der Waals surface area contributed by atoms with E-state index in [4.69, 9.17) is 10.5 Å². The molecule has 4 nitrogen and oxygen atoms in total. The lowest BCUT2D eigenvalue weighted by Crippen LogP contribution is -2.07. The van der Waals surface area contributed by atoms with Crippen LogP contribution < -0.4 is 10.5 Å². The van der Waals surface area contributed by atoms with Gasteiger partial charge in [-0.1, -0.05) is 15.9 Å². The molecule has 0 radical (unpaired) electrons. The lowest BCUT2D eigenvalue weighted by Gasteiger charge is -2.12. The topological polar surface area (TPSA) is 61.5 Å². The number of hydrogen-bond acceptors (Lipinski definition) is 4. The van der Waals surface area contributed by atoms with Crippen LogP contribution in [0.1, 0.15) is 15.9 Å². The second kappa shape index (κ2) is 6.13. The zero-order chi connectivity index (χ0) is 15.6. The van der Waals surface area contributed by atoms with Crippen LogP contribution in [-0.2, 0) is 4.74 Å². The quantitative estimate of drug-likeness (QED) is 0.667. The Kier molecular flexibility index (Phi) is 4.47. The Hall–Kier alpha value is -2.08. The number of halogens is 2. The highest BCUT2D eigenvalue weighted by Gasteiger charge is 2.15. The van der Waals surface area contributed by atoms with E-state index in [0.717, 1.165) is 0 Å². The van der Waals surface area contributed by atoms with E-state index in [9.17, 15) is 9.18 Å². The van der Waals surface area contributed by atoms with Gasteiger partial charge in [0.05, 0.1) is 12.7 Å². The Labute approximate surface area is 129 Å². The van der Waals surface area contributed by atoms with Crippen molar-refractivity contribution >= 4 is 27.6 Å². The van der Waals surface area contributed by atoms with Crippen molar-refractivity contribution in [3.63, 3.8) is 0 Å². The Morgan fingerprint density at radius 3 is 2.67 bits per heavy atom. The highest BCUT2D eigenvalue weighted by Crippen LogP contribution is 2.31. The van der Waals surface area contributed by atoms with Gasteiger partial charge in [0.2, 0.25) is 0 Å². The first-order valence-electron chi connectivity index (χ1n) is 6.03. The van der Waals surface area contributed by atoms with E-state index in [2.05, 4.69) is 20.7 Å². The molecule has 6 heteroatoms. The summed E-state index contributed by atoms with van der Waals surface area (Å²) in [6.07, 6.45) is 0. The Morgan fingerprint density at radius 2 is 2.00 bits per heavy atom. The summed E-state index contributed by atoms with van der Waals surface area (Å²) in [5.74, 6) is -0.730. The van der Waals surface area contributed by atoms with Crippen molar-refractivity contribution in [2.45, 2.75) is 6.92 Å². The number of nitrogen functional groups attached to an aromatic ring is 1. The number of ether oxygens (including phenoxy) is 2. The van der Waals surface area contributed by atoms with Gasteiger partial charge in [-0.05, 0) is 42.8 Å². The van der Waals surface area contributed by atoms with Crippen LogP contribution in [0.4, 0.5) is 10.1 Å². The van der Waals surface area contributed by atoms with Crippen LogP contribution in [0, 0.1) is 12.7 Å². The highest BCUT2D eigenvalue weighted by molar-refractivity contribution is 9.10. The number of carbonyl (C=O) groups is 1. The molecule has 0 saturated heterocycles. The fraction of sp³-hybridized carbons (Fsp3) is 0.133. The average molecular weight is 354 g/mol.